The summed E-state index contributed by atoms with van der Waals surface area (Å²) in [7, 11) is 1.52. The van der Waals surface area contributed by atoms with Gasteiger partial charge in [0.25, 0.3) is 5.56 Å². The maximum atomic E-state index is 13.9. The first-order valence-electron chi connectivity index (χ1n) is 8.21. The molecule has 0 bridgehead atoms. The molecule has 3 aromatic rings. The smallest absolute Gasteiger partial charge is 0.277 e. The van der Waals surface area contributed by atoms with Crippen molar-refractivity contribution in [1.82, 2.24) is 14.5 Å². The predicted molar refractivity (Wildman–Crippen MR) is 105 cm³/mol. The van der Waals surface area contributed by atoms with Crippen LogP contribution in [0.25, 0.3) is 5.69 Å². The van der Waals surface area contributed by atoms with Gasteiger partial charge in [0.1, 0.15) is 33.4 Å². The van der Waals surface area contributed by atoms with E-state index in [0.717, 1.165) is 11.8 Å². The van der Waals surface area contributed by atoms with Crippen LogP contribution in [0, 0.1) is 25.5 Å². The molecule has 0 aliphatic carbocycles. The lowest BCUT2D eigenvalue weighted by molar-refractivity contribution is 0.274. The summed E-state index contributed by atoms with van der Waals surface area (Å²) in [6.45, 7) is 3.48. The van der Waals surface area contributed by atoms with E-state index >= 15 is 0 Å². The number of rotatable bonds is 4. The van der Waals surface area contributed by atoms with Crippen molar-refractivity contribution in [2.45, 2.75) is 19.9 Å². The fraction of sp³-hybridized carbons (Fsp3) is 0.167. The molecule has 0 saturated carbocycles. The molecule has 3 rings (SSSR count). The largest absolute Gasteiger partial charge is 0.492 e. The van der Waals surface area contributed by atoms with Crippen LogP contribution in [0.15, 0.2) is 35.4 Å². The summed E-state index contributed by atoms with van der Waals surface area (Å²) in [6, 6.07) is 2.92. The molecular formula is C18H14BCl2F2N3O2. The molecule has 1 atom stereocenters. The van der Waals surface area contributed by atoms with Gasteiger partial charge in [-0.2, -0.15) is 0 Å². The summed E-state index contributed by atoms with van der Waals surface area (Å²) >= 11 is 12.2. The maximum absolute atomic E-state index is 13.9. The van der Waals surface area contributed by atoms with E-state index in [1.807, 2.05) is 0 Å². The molecule has 5 nitrogen and oxygen atoms in total. The first kappa shape index (κ1) is 20.3. The standard InChI is InChI=1S/C18H14BCl2F2N3O2/c1-8-6-24-14(20)5-12(8)26-9(2)3-13(15(21)18(26)27)28-17(19)16-11(23)4-10(22)7-25-16/h3-7,17H,19H2,1-2H3. The van der Waals surface area contributed by atoms with Crippen molar-refractivity contribution in [3.63, 3.8) is 0 Å². The highest BCUT2D eigenvalue weighted by atomic mass is 35.5. The highest BCUT2D eigenvalue weighted by Crippen LogP contribution is 2.28. The predicted octanol–water partition coefficient (Wildman–Crippen LogP) is 3.54. The summed E-state index contributed by atoms with van der Waals surface area (Å²) in [5.41, 5.74) is 1.16. The topological polar surface area (TPSA) is 57.0 Å². The Morgan fingerprint density at radius 2 is 1.86 bits per heavy atom. The highest BCUT2D eigenvalue weighted by molar-refractivity contribution is 6.32. The molecule has 0 fully saturated rings. The first-order valence-corrected chi connectivity index (χ1v) is 8.97. The van der Waals surface area contributed by atoms with Gasteiger partial charge < -0.3 is 4.74 Å². The molecule has 10 heteroatoms. The number of halogens is 4. The fourth-order valence-electron chi connectivity index (χ4n) is 2.77. The number of nitrogens with zero attached hydrogens (tertiary/aromatic N) is 3. The first-order chi connectivity index (χ1) is 13.2. The molecule has 0 aromatic carbocycles. The van der Waals surface area contributed by atoms with E-state index in [9.17, 15) is 13.6 Å². The van der Waals surface area contributed by atoms with Gasteiger partial charge in [-0.3, -0.25) is 14.3 Å². The van der Waals surface area contributed by atoms with E-state index in [1.54, 1.807) is 32.2 Å². The SMILES string of the molecule is BC(Oc1cc(C)n(-c2cc(Cl)ncc2C)c(=O)c1Cl)c1ncc(F)cc1F. The van der Waals surface area contributed by atoms with Crippen LogP contribution in [0.2, 0.25) is 10.2 Å². The molecule has 0 amide bonds. The Kier molecular flexibility index (Phi) is 5.72. The van der Waals surface area contributed by atoms with E-state index in [0.29, 0.717) is 17.4 Å². The molecule has 28 heavy (non-hydrogen) atoms. The van der Waals surface area contributed by atoms with Gasteiger partial charge in [0.15, 0.2) is 13.7 Å². The second kappa shape index (κ2) is 7.89. The van der Waals surface area contributed by atoms with Crippen LogP contribution in [0.1, 0.15) is 23.0 Å². The lowest BCUT2D eigenvalue weighted by atomic mass is 9.95. The van der Waals surface area contributed by atoms with Crippen LogP contribution in [-0.4, -0.2) is 22.4 Å². The number of pyridine rings is 3. The van der Waals surface area contributed by atoms with Crippen molar-refractivity contribution in [1.29, 1.82) is 0 Å². The third-order valence-electron chi connectivity index (χ3n) is 4.11. The van der Waals surface area contributed by atoms with E-state index in [1.165, 1.54) is 12.4 Å². The third kappa shape index (κ3) is 3.88. The van der Waals surface area contributed by atoms with E-state index in [2.05, 4.69) is 9.97 Å². The molecule has 3 heterocycles. The number of hydrogen-bond acceptors (Lipinski definition) is 4. The van der Waals surface area contributed by atoms with Gasteiger partial charge in [-0.1, -0.05) is 23.2 Å². The molecule has 0 N–H and O–H groups in total. The van der Waals surface area contributed by atoms with E-state index in [-0.39, 0.29) is 21.6 Å². The molecule has 0 spiro atoms. The molecule has 0 radical (unpaired) electrons. The number of aryl methyl sites for hydroxylation is 2. The molecule has 144 valence electrons. The van der Waals surface area contributed by atoms with Gasteiger partial charge in [-0.25, -0.2) is 13.8 Å². The Balaban J connectivity index is 2.03. The highest BCUT2D eigenvalue weighted by Gasteiger charge is 2.20. The minimum Gasteiger partial charge on any atom is -0.492 e. The van der Waals surface area contributed by atoms with Gasteiger partial charge >= 0.3 is 0 Å². The fourth-order valence-corrected chi connectivity index (χ4v) is 3.10. The van der Waals surface area contributed by atoms with Crippen molar-refractivity contribution in [3.05, 3.63) is 79.7 Å². The van der Waals surface area contributed by atoms with Crippen LogP contribution in [-0.2, 0) is 0 Å². The lowest BCUT2D eigenvalue weighted by Crippen LogP contribution is -2.23. The monoisotopic (exact) mass is 423 g/mol. The average Bonchev–Trinajstić information content (AvgIpc) is 2.62. The quantitative estimate of drug-likeness (QED) is 0.475. The minimum absolute atomic E-state index is 0.0660. The molecule has 3 aromatic heterocycles. The Labute approximate surface area is 170 Å². The minimum atomic E-state index is -0.898. The zero-order chi connectivity index (χ0) is 20.6. The molecular weight excluding hydrogens is 410 g/mol. The number of ether oxygens (including phenoxy) is 1. The summed E-state index contributed by atoms with van der Waals surface area (Å²) in [5.74, 6) is -1.58. The summed E-state index contributed by atoms with van der Waals surface area (Å²) in [5, 5.41) is 0.0436. The molecule has 1 unspecified atom stereocenters. The normalized spacial score (nSPS) is 12.1. The molecule has 0 saturated heterocycles. The van der Waals surface area contributed by atoms with Crippen molar-refractivity contribution in [2.24, 2.45) is 0 Å². The third-order valence-corrected chi connectivity index (χ3v) is 4.66. The zero-order valence-corrected chi connectivity index (χ0v) is 16.6. The lowest BCUT2D eigenvalue weighted by Gasteiger charge is -2.19. The maximum Gasteiger partial charge on any atom is 0.277 e. The Bertz CT molecular complexity index is 1120. The summed E-state index contributed by atoms with van der Waals surface area (Å²) in [4.78, 5) is 20.5. The molecule has 0 aliphatic heterocycles. The summed E-state index contributed by atoms with van der Waals surface area (Å²) in [6.07, 6.45) is 2.44. The van der Waals surface area contributed by atoms with Crippen LogP contribution in [0.3, 0.4) is 0 Å². The zero-order valence-electron chi connectivity index (χ0n) is 15.1. The van der Waals surface area contributed by atoms with Gasteiger partial charge in [0.2, 0.25) is 0 Å². The second-order valence-corrected chi connectivity index (χ2v) is 6.94. The van der Waals surface area contributed by atoms with Gasteiger partial charge in [-0.05, 0) is 25.5 Å². The van der Waals surface area contributed by atoms with Crippen molar-refractivity contribution < 1.29 is 13.5 Å². The van der Waals surface area contributed by atoms with Gasteiger partial charge in [-0.15, -0.1) is 0 Å². The van der Waals surface area contributed by atoms with Crippen LogP contribution in [0.4, 0.5) is 8.78 Å². The number of hydrogen-bond donors (Lipinski definition) is 0. The van der Waals surface area contributed by atoms with Gasteiger partial charge in [0, 0.05) is 24.0 Å². The van der Waals surface area contributed by atoms with Crippen LogP contribution >= 0.6 is 23.2 Å². The van der Waals surface area contributed by atoms with Crippen molar-refractivity contribution in [3.8, 4) is 11.4 Å². The van der Waals surface area contributed by atoms with Crippen LogP contribution < -0.4 is 10.3 Å². The van der Waals surface area contributed by atoms with Crippen molar-refractivity contribution >= 4 is 31.0 Å². The number of aromatic nitrogens is 3. The van der Waals surface area contributed by atoms with Gasteiger partial charge in [0.05, 0.1) is 11.9 Å². The Morgan fingerprint density at radius 3 is 2.54 bits per heavy atom. The Morgan fingerprint density at radius 1 is 1.14 bits per heavy atom. The summed E-state index contributed by atoms with van der Waals surface area (Å²) < 4.78 is 34.0. The van der Waals surface area contributed by atoms with Crippen molar-refractivity contribution in [2.75, 3.05) is 0 Å². The Hall–Kier alpha value is -2.45. The van der Waals surface area contributed by atoms with E-state index < -0.39 is 23.2 Å². The average molecular weight is 424 g/mol. The second-order valence-electron chi connectivity index (χ2n) is 6.18. The van der Waals surface area contributed by atoms with Crippen LogP contribution in [0.5, 0.6) is 5.75 Å². The molecule has 0 aliphatic rings. The van der Waals surface area contributed by atoms with E-state index in [4.69, 9.17) is 27.9 Å².